The molecule has 0 spiro atoms. The van der Waals surface area contributed by atoms with Crippen molar-refractivity contribution in [3.8, 4) is 11.1 Å². The SMILES string of the molecule is C=C(Cc1c(-c2ccccc2)c2cc(F)ccc2n1S(=O)(=O)c1ccccc1)C(=O)OCC. The van der Waals surface area contributed by atoms with Crippen LogP contribution in [0.25, 0.3) is 22.0 Å². The van der Waals surface area contributed by atoms with E-state index in [1.165, 1.54) is 34.3 Å². The number of carbonyl (C=O) groups is 1. The fourth-order valence-corrected chi connectivity index (χ4v) is 5.43. The lowest BCUT2D eigenvalue weighted by atomic mass is 9.99. The number of esters is 1. The highest BCUT2D eigenvalue weighted by Gasteiger charge is 2.29. The Morgan fingerprint density at radius 2 is 1.64 bits per heavy atom. The second kappa shape index (κ2) is 9.03. The number of halogens is 1. The largest absolute Gasteiger partial charge is 0.463 e. The summed E-state index contributed by atoms with van der Waals surface area (Å²) in [5.41, 5.74) is 1.94. The molecule has 5 nitrogen and oxygen atoms in total. The maximum absolute atomic E-state index is 14.3. The van der Waals surface area contributed by atoms with E-state index < -0.39 is 21.8 Å². The molecule has 33 heavy (non-hydrogen) atoms. The molecule has 3 aromatic carbocycles. The third kappa shape index (κ3) is 4.19. The number of benzene rings is 3. The van der Waals surface area contributed by atoms with Crippen LogP contribution in [0, 0.1) is 5.82 Å². The van der Waals surface area contributed by atoms with Crippen molar-refractivity contribution in [2.75, 3.05) is 6.61 Å². The fraction of sp³-hybridized carbons (Fsp3) is 0.115. The lowest BCUT2D eigenvalue weighted by Gasteiger charge is -2.14. The smallest absolute Gasteiger partial charge is 0.333 e. The van der Waals surface area contributed by atoms with Crippen LogP contribution >= 0.6 is 0 Å². The second-order valence-corrected chi connectivity index (χ2v) is 9.22. The van der Waals surface area contributed by atoms with Gasteiger partial charge >= 0.3 is 5.97 Å². The number of hydrogen-bond donors (Lipinski definition) is 0. The molecule has 0 aliphatic heterocycles. The average Bonchev–Trinajstić information content (AvgIpc) is 3.13. The van der Waals surface area contributed by atoms with E-state index in [0.29, 0.717) is 27.7 Å². The summed E-state index contributed by atoms with van der Waals surface area (Å²) in [6, 6.07) is 21.0. The Kier molecular flexibility index (Phi) is 6.16. The molecule has 0 unspecified atom stereocenters. The second-order valence-electron chi connectivity index (χ2n) is 7.43. The van der Waals surface area contributed by atoms with Crippen LogP contribution in [0.15, 0.2) is 95.9 Å². The van der Waals surface area contributed by atoms with Crippen LogP contribution < -0.4 is 0 Å². The first-order chi connectivity index (χ1) is 15.8. The van der Waals surface area contributed by atoms with Gasteiger partial charge in [-0.25, -0.2) is 21.6 Å². The van der Waals surface area contributed by atoms with Gasteiger partial charge in [0.25, 0.3) is 10.0 Å². The van der Waals surface area contributed by atoms with Gasteiger partial charge in [-0.3, -0.25) is 0 Å². The van der Waals surface area contributed by atoms with Crippen molar-refractivity contribution in [3.63, 3.8) is 0 Å². The molecule has 0 fully saturated rings. The number of carbonyl (C=O) groups excluding carboxylic acids is 1. The minimum Gasteiger partial charge on any atom is -0.463 e. The van der Waals surface area contributed by atoms with Gasteiger partial charge in [0, 0.05) is 28.6 Å². The molecule has 0 atom stereocenters. The van der Waals surface area contributed by atoms with Crippen LogP contribution in [0.2, 0.25) is 0 Å². The molecule has 4 aromatic rings. The minimum absolute atomic E-state index is 0.0776. The predicted octanol–water partition coefficient (Wildman–Crippen LogP) is 5.35. The first-order valence-corrected chi connectivity index (χ1v) is 11.8. The molecule has 1 aromatic heterocycles. The molecule has 0 radical (unpaired) electrons. The zero-order valence-corrected chi connectivity index (χ0v) is 18.8. The van der Waals surface area contributed by atoms with Crippen LogP contribution in [0.4, 0.5) is 4.39 Å². The molecule has 0 saturated heterocycles. The number of aromatic nitrogens is 1. The monoisotopic (exact) mass is 463 g/mol. The first-order valence-electron chi connectivity index (χ1n) is 10.4. The van der Waals surface area contributed by atoms with Gasteiger partial charge in [0.15, 0.2) is 0 Å². The van der Waals surface area contributed by atoms with Crippen molar-refractivity contribution in [2.45, 2.75) is 18.2 Å². The van der Waals surface area contributed by atoms with Crippen molar-refractivity contribution >= 4 is 26.9 Å². The predicted molar refractivity (Wildman–Crippen MR) is 126 cm³/mol. The van der Waals surface area contributed by atoms with E-state index >= 15 is 0 Å². The number of hydrogen-bond acceptors (Lipinski definition) is 4. The lowest BCUT2D eigenvalue weighted by Crippen LogP contribution is -2.18. The van der Waals surface area contributed by atoms with Gasteiger partial charge in [-0.05, 0) is 42.8 Å². The summed E-state index contributed by atoms with van der Waals surface area (Å²) in [5.74, 6) is -1.11. The third-order valence-electron chi connectivity index (χ3n) is 5.27. The van der Waals surface area contributed by atoms with Gasteiger partial charge in [-0.1, -0.05) is 55.1 Å². The standard InChI is InChI=1S/C26H22FNO4S/c1-3-32-26(29)18(2)16-24-25(19-10-6-4-7-11-19)22-17-20(27)14-15-23(22)28(24)33(30,31)21-12-8-5-9-13-21/h4-15,17H,2-3,16H2,1H3. The number of fused-ring (bicyclic) bond motifs is 1. The van der Waals surface area contributed by atoms with Gasteiger partial charge in [0.2, 0.25) is 0 Å². The summed E-state index contributed by atoms with van der Waals surface area (Å²) in [7, 11) is -4.08. The summed E-state index contributed by atoms with van der Waals surface area (Å²) < 4.78 is 48.2. The van der Waals surface area contributed by atoms with E-state index in [2.05, 4.69) is 6.58 Å². The van der Waals surface area contributed by atoms with Gasteiger partial charge < -0.3 is 4.74 Å². The molecule has 0 saturated carbocycles. The highest BCUT2D eigenvalue weighted by molar-refractivity contribution is 7.90. The maximum atomic E-state index is 14.3. The Balaban J connectivity index is 2.08. The van der Waals surface area contributed by atoms with Crippen molar-refractivity contribution in [1.82, 2.24) is 3.97 Å². The van der Waals surface area contributed by atoms with Crippen LogP contribution in [-0.2, 0) is 26.0 Å². The van der Waals surface area contributed by atoms with E-state index in [-0.39, 0.29) is 23.5 Å². The van der Waals surface area contributed by atoms with E-state index in [0.717, 1.165) is 0 Å². The van der Waals surface area contributed by atoms with Crippen LogP contribution in [-0.4, -0.2) is 25.0 Å². The minimum atomic E-state index is -4.08. The Morgan fingerprint density at radius 1 is 1.00 bits per heavy atom. The van der Waals surface area contributed by atoms with Gasteiger partial charge in [0.1, 0.15) is 5.82 Å². The zero-order chi connectivity index (χ0) is 23.6. The lowest BCUT2D eigenvalue weighted by molar-refractivity contribution is -0.138. The Labute approximate surface area is 191 Å². The Hall–Kier alpha value is -3.71. The molecule has 0 aliphatic rings. The Morgan fingerprint density at radius 3 is 2.27 bits per heavy atom. The quantitative estimate of drug-likeness (QED) is 0.274. The highest BCUT2D eigenvalue weighted by Crippen LogP contribution is 2.38. The van der Waals surface area contributed by atoms with E-state index in [9.17, 15) is 17.6 Å². The van der Waals surface area contributed by atoms with Crippen molar-refractivity contribution in [1.29, 1.82) is 0 Å². The summed E-state index contributed by atoms with van der Waals surface area (Å²) in [6.07, 6.45) is -0.0918. The average molecular weight is 464 g/mol. The molecular formula is C26H22FNO4S. The molecule has 1 heterocycles. The molecule has 168 valence electrons. The molecule has 4 rings (SSSR count). The highest BCUT2D eigenvalue weighted by atomic mass is 32.2. The van der Waals surface area contributed by atoms with Crippen LogP contribution in [0.3, 0.4) is 0 Å². The molecule has 0 amide bonds. The van der Waals surface area contributed by atoms with E-state index in [4.69, 9.17) is 4.74 Å². The third-order valence-corrected chi connectivity index (χ3v) is 7.03. The van der Waals surface area contributed by atoms with Crippen LogP contribution in [0.5, 0.6) is 0 Å². The number of nitrogens with zero attached hydrogens (tertiary/aromatic N) is 1. The molecule has 0 aliphatic carbocycles. The molecule has 0 N–H and O–H groups in total. The summed E-state index contributed by atoms with van der Waals surface area (Å²) in [4.78, 5) is 12.4. The van der Waals surface area contributed by atoms with Gasteiger partial charge in [-0.2, -0.15) is 0 Å². The zero-order valence-electron chi connectivity index (χ0n) is 18.0. The van der Waals surface area contributed by atoms with Crippen molar-refractivity contribution < 1.29 is 22.3 Å². The summed E-state index contributed by atoms with van der Waals surface area (Å²) in [5, 5.41) is 0.423. The molecule has 7 heteroatoms. The van der Waals surface area contributed by atoms with E-state index in [1.54, 1.807) is 25.1 Å². The number of rotatable bonds is 7. The van der Waals surface area contributed by atoms with Crippen LogP contribution in [0.1, 0.15) is 12.6 Å². The summed E-state index contributed by atoms with van der Waals surface area (Å²) >= 11 is 0. The topological polar surface area (TPSA) is 65.4 Å². The van der Waals surface area contributed by atoms with Crippen molar-refractivity contribution in [3.05, 3.63) is 103 Å². The fourth-order valence-electron chi connectivity index (χ4n) is 3.85. The van der Waals surface area contributed by atoms with Gasteiger partial charge in [0.05, 0.1) is 17.0 Å². The normalized spacial score (nSPS) is 11.5. The maximum Gasteiger partial charge on any atom is 0.333 e. The first kappa shape index (κ1) is 22.5. The summed E-state index contributed by atoms with van der Waals surface area (Å²) in [6.45, 7) is 5.68. The van der Waals surface area contributed by atoms with Crippen molar-refractivity contribution in [2.24, 2.45) is 0 Å². The van der Waals surface area contributed by atoms with E-state index in [1.807, 2.05) is 30.3 Å². The molecular weight excluding hydrogens is 441 g/mol. The Bertz CT molecular complexity index is 1440. The molecule has 0 bridgehead atoms. The number of ether oxygens (including phenoxy) is 1. The van der Waals surface area contributed by atoms with Gasteiger partial charge in [-0.15, -0.1) is 0 Å².